The molecule has 0 aliphatic carbocycles. The second kappa shape index (κ2) is 6.00. The molecule has 1 nitrogen and oxygen atoms in total. The summed E-state index contributed by atoms with van der Waals surface area (Å²) in [4.78, 5) is 0. The molecule has 0 heterocycles. The highest BCUT2D eigenvalue weighted by Crippen LogP contribution is 2.37. The van der Waals surface area contributed by atoms with E-state index in [9.17, 15) is 0 Å². The monoisotopic (exact) mass is 166 g/mol. The third kappa shape index (κ3) is 15.7. The first-order chi connectivity index (χ1) is 3.42. The van der Waals surface area contributed by atoms with Gasteiger partial charge in [-0.2, -0.15) is 0 Å². The van der Waals surface area contributed by atoms with Crippen molar-refractivity contribution in [3.05, 3.63) is 0 Å². The molecule has 0 aliphatic heterocycles. The van der Waals surface area contributed by atoms with Crippen LogP contribution in [0.4, 0.5) is 0 Å². The van der Waals surface area contributed by atoms with Crippen molar-refractivity contribution in [1.82, 2.24) is 0 Å². The van der Waals surface area contributed by atoms with Gasteiger partial charge in [-0.25, -0.2) is 0 Å². The van der Waals surface area contributed by atoms with Gasteiger partial charge in [0.1, 0.15) is 0 Å². The van der Waals surface area contributed by atoms with Crippen LogP contribution in [0.3, 0.4) is 0 Å². The molecule has 0 unspecified atom stereocenters. The van der Waals surface area contributed by atoms with Crippen LogP contribution < -0.4 is 0 Å². The lowest BCUT2D eigenvalue weighted by Crippen LogP contribution is -1.98. The third-order valence-corrected chi connectivity index (χ3v) is 1.49. The summed E-state index contributed by atoms with van der Waals surface area (Å²) in [6.45, 7) is 8.19. The Bertz CT molecular complexity index is 102. The van der Waals surface area contributed by atoms with Crippen LogP contribution in [0, 0.1) is 0 Å². The fourth-order valence-electron chi connectivity index (χ4n) is 0.571. The van der Waals surface area contributed by atoms with Crippen LogP contribution >= 0.6 is 7.11 Å². The smallest absolute Gasteiger partial charge is 0.0559 e. The molecule has 0 aliphatic rings. The van der Waals surface area contributed by atoms with Crippen molar-refractivity contribution in [2.24, 2.45) is 0 Å². The molecule has 0 atom stereocenters. The molecule has 0 bridgehead atoms. The van der Waals surface area contributed by atoms with Gasteiger partial charge in [0.2, 0.25) is 0 Å². The fraction of sp³-hybridized carbons (Fsp3) is 0.875. The summed E-state index contributed by atoms with van der Waals surface area (Å²) in [5.41, 5.74) is 0. The molecule has 0 N–H and O–H groups in total. The van der Waals surface area contributed by atoms with E-state index in [0.717, 1.165) is 0 Å². The second-order valence-corrected chi connectivity index (χ2v) is 6.09. The number of hydrogen-bond donors (Lipinski definition) is 0. The topological polar surface area (TPSA) is 9.23 Å². The van der Waals surface area contributed by atoms with Crippen LogP contribution in [0.15, 0.2) is 0 Å². The molecule has 0 aromatic carbocycles. The first-order valence-corrected chi connectivity index (χ1v) is 5.57. The minimum absolute atomic E-state index is 0. The van der Waals surface area contributed by atoms with Gasteiger partial charge in [-0.1, -0.05) is 21.2 Å². The zero-order valence-corrected chi connectivity index (χ0v) is 7.03. The van der Waals surface area contributed by atoms with Gasteiger partial charge < -0.3 is 4.52 Å². The summed E-state index contributed by atoms with van der Waals surface area (Å²) in [5, 5.41) is 0. The Balaban J connectivity index is -0.000000245. The summed E-state index contributed by atoms with van der Waals surface area (Å²) < 4.78 is 5.44. The minimum atomic E-state index is -1.22. The van der Waals surface area contributed by atoms with Crippen molar-refractivity contribution in [2.75, 3.05) is 13.3 Å². The van der Waals surface area contributed by atoms with Gasteiger partial charge in [-0.15, -0.1) is 0 Å². The van der Waals surface area contributed by atoms with E-state index >= 15 is 0 Å². The molecule has 0 spiro atoms. The van der Waals surface area contributed by atoms with Gasteiger partial charge in [0, 0.05) is 0 Å². The normalized spacial score (nSPS) is 10.1. The van der Waals surface area contributed by atoms with E-state index in [1.54, 1.807) is 0 Å². The Morgan fingerprint density at radius 1 is 1.20 bits per heavy atom. The molecule has 0 aromatic rings. The number of hydrogen-bond acceptors (Lipinski definition) is 1. The molecule has 0 saturated heterocycles. The minimum Gasteiger partial charge on any atom is -0.360 e. The van der Waals surface area contributed by atoms with Crippen LogP contribution in [0.25, 0.3) is 0 Å². The lowest BCUT2D eigenvalue weighted by Gasteiger charge is -2.16. The van der Waals surface area contributed by atoms with Crippen LogP contribution in [0.1, 0.15) is 28.7 Å². The van der Waals surface area contributed by atoms with E-state index in [4.69, 9.17) is 4.52 Å². The van der Waals surface area contributed by atoms with E-state index in [1.165, 1.54) is 0 Å². The van der Waals surface area contributed by atoms with Gasteiger partial charge in [-0.3, -0.25) is 0 Å². The average molecular weight is 166 g/mol. The maximum absolute atomic E-state index is 5.44. The van der Waals surface area contributed by atoms with Crippen molar-refractivity contribution in [3.63, 3.8) is 0 Å². The lowest BCUT2D eigenvalue weighted by molar-refractivity contribution is 0.272. The van der Waals surface area contributed by atoms with Crippen LogP contribution in [0.2, 0.25) is 0 Å². The van der Waals surface area contributed by atoms with Gasteiger partial charge in [-0.05, 0) is 34.3 Å². The SMILES string of the molecule is C.C.C=P(C)(C)OC(C)C. The maximum atomic E-state index is 5.44. The fourth-order valence-corrected chi connectivity index (χ4v) is 1.71. The van der Waals surface area contributed by atoms with Crippen molar-refractivity contribution in [2.45, 2.75) is 34.8 Å². The van der Waals surface area contributed by atoms with Gasteiger partial charge in [0.25, 0.3) is 0 Å². The predicted octanol–water partition coefficient (Wildman–Crippen LogP) is 3.31. The molecule has 0 amide bonds. The highest BCUT2D eigenvalue weighted by atomic mass is 31.2. The molecule has 10 heavy (non-hydrogen) atoms. The standard InChI is InChI=1S/C6H15OP.2CH4/c1-6(2)7-8(3,4)5;;/h6H,3H2,1-2,4-5H3;2*1H4. The highest BCUT2D eigenvalue weighted by Gasteiger charge is 2.00. The molecule has 66 valence electrons. The largest absolute Gasteiger partial charge is 0.360 e. The Kier molecular flexibility index (Phi) is 10.0. The summed E-state index contributed by atoms with van der Waals surface area (Å²) in [6, 6.07) is 0. The molecule has 0 aromatic heterocycles. The van der Waals surface area contributed by atoms with Gasteiger partial charge in [0.15, 0.2) is 0 Å². The summed E-state index contributed by atoms with van der Waals surface area (Å²) in [5.74, 6) is 0. The Morgan fingerprint density at radius 2 is 1.50 bits per heavy atom. The van der Waals surface area contributed by atoms with E-state index in [1.807, 2.05) is 13.8 Å². The summed E-state index contributed by atoms with van der Waals surface area (Å²) >= 11 is 0. The molecule has 0 radical (unpaired) electrons. The van der Waals surface area contributed by atoms with Crippen molar-refractivity contribution in [3.8, 4) is 0 Å². The van der Waals surface area contributed by atoms with Crippen molar-refractivity contribution >= 4 is 13.4 Å². The van der Waals surface area contributed by atoms with Crippen LogP contribution in [-0.2, 0) is 4.52 Å². The first-order valence-electron chi connectivity index (χ1n) is 2.78. The Morgan fingerprint density at radius 3 is 1.50 bits per heavy atom. The molecule has 0 rings (SSSR count). The quantitative estimate of drug-likeness (QED) is 0.572. The molecular weight excluding hydrogens is 143 g/mol. The first kappa shape index (κ1) is 16.7. The molecule has 0 fully saturated rings. The van der Waals surface area contributed by atoms with Gasteiger partial charge >= 0.3 is 0 Å². The van der Waals surface area contributed by atoms with Crippen LogP contribution in [0.5, 0.6) is 0 Å². The van der Waals surface area contributed by atoms with E-state index in [0.29, 0.717) is 6.10 Å². The zero-order valence-electron chi connectivity index (χ0n) is 6.14. The van der Waals surface area contributed by atoms with E-state index in [2.05, 4.69) is 19.6 Å². The Labute approximate surface area is 66.8 Å². The van der Waals surface area contributed by atoms with E-state index < -0.39 is 7.11 Å². The molecule has 2 heteroatoms. The third-order valence-electron chi connectivity index (χ3n) is 0.496. The van der Waals surface area contributed by atoms with Crippen molar-refractivity contribution < 1.29 is 4.52 Å². The number of rotatable bonds is 2. The summed E-state index contributed by atoms with van der Waals surface area (Å²) in [7, 11) is -1.22. The van der Waals surface area contributed by atoms with Crippen LogP contribution in [-0.4, -0.2) is 25.7 Å². The summed E-state index contributed by atoms with van der Waals surface area (Å²) in [6.07, 6.45) is 4.23. The van der Waals surface area contributed by atoms with Gasteiger partial charge in [0.05, 0.1) is 6.10 Å². The van der Waals surface area contributed by atoms with Crippen molar-refractivity contribution in [1.29, 1.82) is 0 Å². The predicted molar refractivity (Wildman–Crippen MR) is 55.6 cm³/mol. The lowest BCUT2D eigenvalue weighted by atomic mass is 10.5. The Hall–Kier alpha value is 0.260. The highest BCUT2D eigenvalue weighted by molar-refractivity contribution is 7.67. The maximum Gasteiger partial charge on any atom is 0.0559 e. The molecule has 0 saturated carbocycles. The molecular formula is C8H23OP. The average Bonchev–Trinajstić information content (AvgIpc) is 1.21. The van der Waals surface area contributed by atoms with E-state index in [-0.39, 0.29) is 14.9 Å². The second-order valence-electron chi connectivity index (χ2n) is 2.73. The zero-order chi connectivity index (χ0) is 6.78.